The van der Waals surface area contributed by atoms with E-state index in [9.17, 15) is 4.79 Å². The molecule has 1 amide bonds. The van der Waals surface area contributed by atoms with Crippen LogP contribution in [0.25, 0.3) is 0 Å². The number of carbonyl (C=O) groups excluding carboxylic acids is 1. The Morgan fingerprint density at radius 3 is 2.61 bits per heavy atom. The molecule has 2 rings (SSSR count). The van der Waals surface area contributed by atoms with Gasteiger partial charge in [-0.2, -0.15) is 15.4 Å². The lowest BCUT2D eigenvalue weighted by Crippen LogP contribution is -2.12. The Hall–Kier alpha value is -2.37. The van der Waals surface area contributed by atoms with E-state index < -0.39 is 0 Å². The Bertz CT molecular complexity index is 505. The number of benzene rings is 1. The lowest BCUT2D eigenvalue weighted by molar-refractivity contribution is 0.102. The van der Waals surface area contributed by atoms with E-state index >= 15 is 0 Å². The Morgan fingerprint density at radius 2 is 2.06 bits per heavy atom. The van der Waals surface area contributed by atoms with Gasteiger partial charge in [0.1, 0.15) is 5.75 Å². The van der Waals surface area contributed by atoms with Crippen molar-refractivity contribution >= 4 is 11.6 Å². The normalized spacial score (nSPS) is 10.4. The summed E-state index contributed by atoms with van der Waals surface area (Å²) in [5.74, 6) is 0.464. The van der Waals surface area contributed by atoms with E-state index in [-0.39, 0.29) is 17.7 Å². The lowest BCUT2D eigenvalue weighted by Gasteiger charge is -2.10. The first-order chi connectivity index (χ1) is 8.65. The first-order valence-electron chi connectivity index (χ1n) is 5.59. The molecule has 0 unspecified atom stereocenters. The number of ether oxygens (including phenoxy) is 1. The molecule has 0 aliphatic rings. The molecule has 0 aliphatic carbocycles. The number of rotatable bonds is 4. The molecule has 18 heavy (non-hydrogen) atoms. The zero-order valence-electron chi connectivity index (χ0n) is 10.2. The number of nitrogens with zero attached hydrogens (tertiary/aromatic N) is 2. The smallest absolute Gasteiger partial charge is 0.277 e. The van der Waals surface area contributed by atoms with E-state index in [1.54, 1.807) is 24.3 Å². The van der Waals surface area contributed by atoms with E-state index in [1.165, 1.54) is 6.20 Å². The van der Waals surface area contributed by atoms with Crippen LogP contribution >= 0.6 is 0 Å². The van der Waals surface area contributed by atoms with Gasteiger partial charge in [-0.15, -0.1) is 0 Å². The SMILES string of the molecule is CC(C)Oc1ccc(NC(=O)c2cn[nH]n2)cc1. The summed E-state index contributed by atoms with van der Waals surface area (Å²) >= 11 is 0. The lowest BCUT2D eigenvalue weighted by atomic mass is 10.3. The van der Waals surface area contributed by atoms with Gasteiger partial charge >= 0.3 is 0 Å². The average Bonchev–Trinajstić information content (AvgIpc) is 2.84. The fraction of sp³-hybridized carbons (Fsp3) is 0.250. The second-order valence-electron chi connectivity index (χ2n) is 4.00. The predicted molar refractivity (Wildman–Crippen MR) is 66.5 cm³/mol. The first kappa shape index (κ1) is 12.1. The predicted octanol–water partition coefficient (Wildman–Crippen LogP) is 1.84. The average molecular weight is 246 g/mol. The summed E-state index contributed by atoms with van der Waals surface area (Å²) in [6.45, 7) is 3.92. The van der Waals surface area contributed by atoms with Crippen LogP contribution in [-0.4, -0.2) is 27.4 Å². The van der Waals surface area contributed by atoms with E-state index in [1.807, 2.05) is 13.8 Å². The summed E-state index contributed by atoms with van der Waals surface area (Å²) in [4.78, 5) is 11.7. The molecule has 0 saturated carbocycles. The van der Waals surface area contributed by atoms with Crippen LogP contribution in [-0.2, 0) is 0 Å². The largest absolute Gasteiger partial charge is 0.491 e. The molecule has 0 bridgehead atoms. The van der Waals surface area contributed by atoms with Crippen LogP contribution in [0, 0.1) is 0 Å². The zero-order chi connectivity index (χ0) is 13.0. The molecule has 94 valence electrons. The fourth-order valence-electron chi connectivity index (χ4n) is 1.40. The Kier molecular flexibility index (Phi) is 3.57. The van der Waals surface area contributed by atoms with E-state index in [4.69, 9.17) is 4.74 Å². The van der Waals surface area contributed by atoms with Gasteiger partial charge < -0.3 is 10.1 Å². The molecule has 0 fully saturated rings. The van der Waals surface area contributed by atoms with Crippen LogP contribution < -0.4 is 10.1 Å². The van der Waals surface area contributed by atoms with Crippen LogP contribution in [0.2, 0.25) is 0 Å². The van der Waals surface area contributed by atoms with Gasteiger partial charge in [-0.3, -0.25) is 4.79 Å². The first-order valence-corrected chi connectivity index (χ1v) is 5.59. The molecular weight excluding hydrogens is 232 g/mol. The second kappa shape index (κ2) is 5.31. The van der Waals surface area contributed by atoms with Crippen LogP contribution in [0.3, 0.4) is 0 Å². The minimum absolute atomic E-state index is 0.126. The highest BCUT2D eigenvalue weighted by Crippen LogP contribution is 2.17. The third kappa shape index (κ3) is 3.07. The van der Waals surface area contributed by atoms with E-state index in [2.05, 4.69) is 20.7 Å². The molecule has 0 atom stereocenters. The molecule has 2 aromatic rings. The van der Waals surface area contributed by atoms with Gasteiger partial charge in [0.2, 0.25) is 0 Å². The van der Waals surface area contributed by atoms with Gasteiger partial charge in [-0.05, 0) is 38.1 Å². The number of amides is 1. The summed E-state index contributed by atoms with van der Waals surface area (Å²) in [5, 5.41) is 12.4. The molecule has 1 aromatic carbocycles. The summed E-state index contributed by atoms with van der Waals surface area (Å²) in [6.07, 6.45) is 1.49. The molecule has 1 aromatic heterocycles. The van der Waals surface area contributed by atoms with Crippen LogP contribution in [0.15, 0.2) is 30.5 Å². The fourth-order valence-corrected chi connectivity index (χ4v) is 1.40. The number of aromatic nitrogens is 3. The van der Waals surface area contributed by atoms with Crippen molar-refractivity contribution in [3.05, 3.63) is 36.2 Å². The van der Waals surface area contributed by atoms with Crippen molar-refractivity contribution in [2.45, 2.75) is 20.0 Å². The number of H-pyrrole nitrogens is 1. The molecule has 0 spiro atoms. The molecular formula is C12H14N4O2. The van der Waals surface area contributed by atoms with Crippen molar-refractivity contribution in [1.29, 1.82) is 0 Å². The minimum Gasteiger partial charge on any atom is -0.491 e. The highest BCUT2D eigenvalue weighted by atomic mass is 16.5. The summed E-state index contributed by atoms with van der Waals surface area (Å²) in [6, 6.07) is 7.15. The maximum atomic E-state index is 11.7. The van der Waals surface area contributed by atoms with Crippen LogP contribution in [0.5, 0.6) is 5.75 Å². The van der Waals surface area contributed by atoms with Gasteiger partial charge in [-0.1, -0.05) is 0 Å². The maximum Gasteiger partial charge on any atom is 0.277 e. The third-order valence-corrected chi connectivity index (χ3v) is 2.13. The van der Waals surface area contributed by atoms with Gasteiger partial charge in [-0.25, -0.2) is 0 Å². The van der Waals surface area contributed by atoms with Crippen LogP contribution in [0.1, 0.15) is 24.3 Å². The number of hydrogen-bond acceptors (Lipinski definition) is 4. The van der Waals surface area contributed by atoms with Gasteiger partial charge in [0, 0.05) is 5.69 Å². The highest BCUT2D eigenvalue weighted by Gasteiger charge is 2.08. The molecule has 0 saturated heterocycles. The third-order valence-electron chi connectivity index (χ3n) is 2.13. The van der Waals surface area contributed by atoms with E-state index in [0.717, 1.165) is 5.75 Å². The van der Waals surface area contributed by atoms with Crippen molar-refractivity contribution in [3.8, 4) is 5.75 Å². The van der Waals surface area contributed by atoms with Crippen molar-refractivity contribution < 1.29 is 9.53 Å². The Morgan fingerprint density at radius 1 is 1.33 bits per heavy atom. The molecule has 2 N–H and O–H groups in total. The van der Waals surface area contributed by atoms with Gasteiger partial charge in [0.15, 0.2) is 5.69 Å². The Labute approximate surface area is 104 Å². The number of carbonyl (C=O) groups is 1. The van der Waals surface area contributed by atoms with E-state index in [0.29, 0.717) is 5.69 Å². The van der Waals surface area contributed by atoms with Crippen molar-refractivity contribution in [3.63, 3.8) is 0 Å². The summed E-state index contributed by atoms with van der Waals surface area (Å²) < 4.78 is 5.51. The zero-order valence-corrected chi connectivity index (χ0v) is 10.2. The van der Waals surface area contributed by atoms with Gasteiger partial charge in [0.05, 0.1) is 12.3 Å². The topological polar surface area (TPSA) is 79.9 Å². The van der Waals surface area contributed by atoms with Crippen molar-refractivity contribution in [2.24, 2.45) is 0 Å². The van der Waals surface area contributed by atoms with Gasteiger partial charge in [0.25, 0.3) is 5.91 Å². The quantitative estimate of drug-likeness (QED) is 0.862. The highest BCUT2D eigenvalue weighted by molar-refractivity contribution is 6.02. The molecule has 6 nitrogen and oxygen atoms in total. The molecule has 0 radical (unpaired) electrons. The van der Waals surface area contributed by atoms with Crippen LogP contribution in [0.4, 0.5) is 5.69 Å². The molecule has 0 aliphatic heterocycles. The number of nitrogens with one attached hydrogen (secondary N) is 2. The maximum absolute atomic E-state index is 11.7. The summed E-state index contributed by atoms with van der Waals surface area (Å²) in [5.41, 5.74) is 0.927. The van der Waals surface area contributed by atoms with Crippen molar-refractivity contribution in [2.75, 3.05) is 5.32 Å². The minimum atomic E-state index is -0.304. The van der Waals surface area contributed by atoms with Crippen molar-refractivity contribution in [1.82, 2.24) is 15.4 Å². The number of aromatic amines is 1. The number of anilines is 1. The monoisotopic (exact) mass is 246 g/mol. The number of hydrogen-bond donors (Lipinski definition) is 2. The molecule has 1 heterocycles. The Balaban J connectivity index is 2.00. The second-order valence-corrected chi connectivity index (χ2v) is 4.00. The standard InChI is InChI=1S/C12H14N4O2/c1-8(2)18-10-5-3-9(4-6-10)14-12(17)11-7-13-16-15-11/h3-8H,1-2H3,(H,14,17)(H,13,15,16). The summed E-state index contributed by atoms with van der Waals surface area (Å²) in [7, 11) is 0. The molecule has 6 heteroatoms.